The fourth-order valence-corrected chi connectivity index (χ4v) is 1.94. The molecule has 90 valence electrons. The van der Waals surface area contributed by atoms with Gasteiger partial charge in [-0.15, -0.1) is 0 Å². The highest BCUT2D eigenvalue weighted by Crippen LogP contribution is 2.21. The minimum atomic E-state index is 0.121. The van der Waals surface area contributed by atoms with Crippen molar-refractivity contribution in [2.45, 2.75) is 33.8 Å². The van der Waals surface area contributed by atoms with Gasteiger partial charge < -0.3 is 10.0 Å². The van der Waals surface area contributed by atoms with Crippen LogP contribution < -0.4 is 4.90 Å². The molecule has 0 aliphatic heterocycles. The molecule has 0 spiro atoms. The van der Waals surface area contributed by atoms with Crippen LogP contribution in [-0.2, 0) is 6.61 Å². The Labute approximate surface area is 98.9 Å². The lowest BCUT2D eigenvalue weighted by atomic mass is 10.1. The van der Waals surface area contributed by atoms with Crippen LogP contribution in [0.5, 0.6) is 0 Å². The van der Waals surface area contributed by atoms with Gasteiger partial charge in [-0.2, -0.15) is 0 Å². The van der Waals surface area contributed by atoms with Crippen LogP contribution in [0.3, 0.4) is 0 Å². The molecular formula is C14H23NO. The topological polar surface area (TPSA) is 23.5 Å². The summed E-state index contributed by atoms with van der Waals surface area (Å²) in [5.74, 6) is 0.710. The molecule has 2 nitrogen and oxygen atoms in total. The third kappa shape index (κ3) is 3.24. The van der Waals surface area contributed by atoms with Gasteiger partial charge in [-0.1, -0.05) is 32.4 Å². The number of hydrogen-bond donors (Lipinski definition) is 1. The monoisotopic (exact) mass is 221 g/mol. The first-order valence-electron chi connectivity index (χ1n) is 6.00. The lowest BCUT2D eigenvalue weighted by Gasteiger charge is -2.24. The van der Waals surface area contributed by atoms with Gasteiger partial charge in [0.25, 0.3) is 0 Å². The molecule has 1 rings (SSSR count). The van der Waals surface area contributed by atoms with E-state index in [0.717, 1.165) is 12.1 Å². The first kappa shape index (κ1) is 13.0. The second-order valence-electron chi connectivity index (χ2n) is 4.67. The van der Waals surface area contributed by atoms with Crippen molar-refractivity contribution < 1.29 is 5.11 Å². The highest BCUT2D eigenvalue weighted by molar-refractivity contribution is 5.53. The molecule has 0 fully saturated rings. The van der Waals surface area contributed by atoms with E-state index in [-0.39, 0.29) is 6.61 Å². The van der Waals surface area contributed by atoms with Crippen LogP contribution in [0.25, 0.3) is 0 Å². The Morgan fingerprint density at radius 3 is 2.56 bits per heavy atom. The van der Waals surface area contributed by atoms with Crippen molar-refractivity contribution in [1.29, 1.82) is 0 Å². The molecule has 0 saturated heterocycles. The molecular weight excluding hydrogens is 198 g/mol. The normalized spacial score (nSPS) is 12.6. The van der Waals surface area contributed by atoms with Crippen molar-refractivity contribution in [3.63, 3.8) is 0 Å². The predicted octanol–water partition coefficient (Wildman–Crippen LogP) is 2.97. The van der Waals surface area contributed by atoms with E-state index < -0.39 is 0 Å². The molecule has 0 radical (unpaired) electrons. The van der Waals surface area contributed by atoms with E-state index >= 15 is 0 Å². The first-order chi connectivity index (χ1) is 7.58. The Kier molecular flexibility index (Phi) is 4.81. The van der Waals surface area contributed by atoms with Crippen molar-refractivity contribution in [2.24, 2.45) is 5.92 Å². The molecule has 1 N–H and O–H groups in total. The van der Waals surface area contributed by atoms with Crippen molar-refractivity contribution >= 4 is 5.69 Å². The van der Waals surface area contributed by atoms with E-state index in [9.17, 15) is 0 Å². The van der Waals surface area contributed by atoms with Gasteiger partial charge in [0.1, 0.15) is 0 Å². The molecule has 1 aromatic carbocycles. The summed E-state index contributed by atoms with van der Waals surface area (Å²) >= 11 is 0. The standard InChI is InChI=1S/C14H23NO/c1-5-11(2)9-15(4)14-7-6-13(10-16)8-12(14)3/h6-8,11,16H,5,9-10H2,1-4H3. The first-order valence-corrected chi connectivity index (χ1v) is 6.00. The van der Waals surface area contributed by atoms with Gasteiger partial charge in [-0.3, -0.25) is 0 Å². The van der Waals surface area contributed by atoms with Crippen molar-refractivity contribution in [3.05, 3.63) is 29.3 Å². The average Bonchev–Trinajstić information content (AvgIpc) is 2.28. The number of benzene rings is 1. The summed E-state index contributed by atoms with van der Waals surface area (Å²) in [6, 6.07) is 6.15. The number of aliphatic hydroxyl groups is 1. The molecule has 2 heteroatoms. The van der Waals surface area contributed by atoms with E-state index in [1.807, 2.05) is 6.07 Å². The Morgan fingerprint density at radius 2 is 2.06 bits per heavy atom. The van der Waals surface area contributed by atoms with Gasteiger partial charge in [0, 0.05) is 19.3 Å². The fourth-order valence-electron chi connectivity index (χ4n) is 1.94. The summed E-state index contributed by atoms with van der Waals surface area (Å²) in [7, 11) is 2.13. The Hall–Kier alpha value is -1.02. The average molecular weight is 221 g/mol. The van der Waals surface area contributed by atoms with Gasteiger partial charge in [-0.25, -0.2) is 0 Å². The molecule has 0 aromatic heterocycles. The Balaban J connectivity index is 2.79. The minimum absolute atomic E-state index is 0.121. The van der Waals surface area contributed by atoms with Crippen LogP contribution in [0.1, 0.15) is 31.4 Å². The largest absolute Gasteiger partial charge is 0.392 e. The van der Waals surface area contributed by atoms with Crippen molar-refractivity contribution in [1.82, 2.24) is 0 Å². The van der Waals surface area contributed by atoms with E-state index in [0.29, 0.717) is 5.92 Å². The zero-order valence-electron chi connectivity index (χ0n) is 10.8. The molecule has 1 aromatic rings. The quantitative estimate of drug-likeness (QED) is 0.826. The van der Waals surface area contributed by atoms with E-state index in [1.165, 1.54) is 17.7 Å². The maximum absolute atomic E-state index is 9.06. The highest BCUT2D eigenvalue weighted by Gasteiger charge is 2.08. The molecule has 16 heavy (non-hydrogen) atoms. The minimum Gasteiger partial charge on any atom is -0.392 e. The van der Waals surface area contributed by atoms with Crippen LogP contribution >= 0.6 is 0 Å². The smallest absolute Gasteiger partial charge is 0.0681 e. The summed E-state index contributed by atoms with van der Waals surface area (Å²) < 4.78 is 0. The third-order valence-electron chi connectivity index (χ3n) is 3.14. The number of rotatable bonds is 5. The van der Waals surface area contributed by atoms with Crippen LogP contribution in [-0.4, -0.2) is 18.7 Å². The number of aryl methyl sites for hydroxylation is 1. The van der Waals surface area contributed by atoms with Crippen molar-refractivity contribution in [3.8, 4) is 0 Å². The molecule has 0 aliphatic rings. The second-order valence-corrected chi connectivity index (χ2v) is 4.67. The van der Waals surface area contributed by atoms with Gasteiger partial charge in [0.05, 0.1) is 6.61 Å². The van der Waals surface area contributed by atoms with Crippen LogP contribution in [0.2, 0.25) is 0 Å². The molecule has 0 aliphatic carbocycles. The van der Waals surface area contributed by atoms with Gasteiger partial charge in [0.2, 0.25) is 0 Å². The maximum Gasteiger partial charge on any atom is 0.0681 e. The lowest BCUT2D eigenvalue weighted by molar-refractivity contribution is 0.282. The molecule has 0 saturated carbocycles. The number of nitrogens with zero attached hydrogens (tertiary/aromatic N) is 1. The Morgan fingerprint density at radius 1 is 1.38 bits per heavy atom. The molecule has 1 atom stereocenters. The van der Waals surface area contributed by atoms with E-state index in [1.54, 1.807) is 0 Å². The predicted molar refractivity (Wildman–Crippen MR) is 69.8 cm³/mol. The highest BCUT2D eigenvalue weighted by atomic mass is 16.3. The summed E-state index contributed by atoms with van der Waals surface area (Å²) in [6.07, 6.45) is 1.21. The van der Waals surface area contributed by atoms with Crippen LogP contribution in [0, 0.1) is 12.8 Å². The molecule has 0 heterocycles. The van der Waals surface area contributed by atoms with Crippen LogP contribution in [0.4, 0.5) is 5.69 Å². The number of aliphatic hydroxyl groups excluding tert-OH is 1. The zero-order chi connectivity index (χ0) is 12.1. The molecule has 1 unspecified atom stereocenters. The summed E-state index contributed by atoms with van der Waals surface area (Å²) in [5, 5.41) is 9.06. The van der Waals surface area contributed by atoms with Gasteiger partial charge in [0.15, 0.2) is 0 Å². The number of hydrogen-bond acceptors (Lipinski definition) is 2. The third-order valence-corrected chi connectivity index (χ3v) is 3.14. The summed E-state index contributed by atoms with van der Waals surface area (Å²) in [4.78, 5) is 2.30. The Bertz CT molecular complexity index is 336. The zero-order valence-corrected chi connectivity index (χ0v) is 10.8. The van der Waals surface area contributed by atoms with Gasteiger partial charge >= 0.3 is 0 Å². The summed E-state index contributed by atoms with van der Waals surface area (Å²) in [6.45, 7) is 7.79. The molecule has 0 amide bonds. The SMILES string of the molecule is CCC(C)CN(C)c1ccc(CO)cc1C. The number of anilines is 1. The summed E-state index contributed by atoms with van der Waals surface area (Å²) in [5.41, 5.74) is 3.48. The van der Waals surface area contributed by atoms with Crippen molar-refractivity contribution in [2.75, 3.05) is 18.5 Å². The van der Waals surface area contributed by atoms with Gasteiger partial charge in [-0.05, 0) is 30.0 Å². The van der Waals surface area contributed by atoms with Crippen LogP contribution in [0.15, 0.2) is 18.2 Å². The lowest BCUT2D eigenvalue weighted by Crippen LogP contribution is -2.24. The second kappa shape index (κ2) is 5.90. The van der Waals surface area contributed by atoms with E-state index in [4.69, 9.17) is 5.11 Å². The fraction of sp³-hybridized carbons (Fsp3) is 0.571. The van der Waals surface area contributed by atoms with E-state index in [2.05, 4.69) is 44.9 Å². The maximum atomic E-state index is 9.06. The molecule has 0 bridgehead atoms.